The van der Waals surface area contributed by atoms with Gasteiger partial charge >= 0.3 is 0 Å². The molecule has 2 aromatic rings. The first-order valence-electron chi connectivity index (χ1n) is 4.67. The SMILES string of the molecule is Nc1cc(Nc2ccc(F)cc2Cl)nc(N)n1. The van der Waals surface area contributed by atoms with Crippen molar-refractivity contribution >= 4 is 34.9 Å². The van der Waals surface area contributed by atoms with E-state index in [1.54, 1.807) is 0 Å². The summed E-state index contributed by atoms with van der Waals surface area (Å²) in [5.74, 6) is 0.259. The van der Waals surface area contributed by atoms with Crippen molar-refractivity contribution < 1.29 is 4.39 Å². The van der Waals surface area contributed by atoms with Crippen LogP contribution in [0.4, 0.5) is 27.7 Å². The van der Waals surface area contributed by atoms with Gasteiger partial charge in [-0.3, -0.25) is 0 Å². The summed E-state index contributed by atoms with van der Waals surface area (Å²) in [4.78, 5) is 7.64. The molecule has 0 aliphatic heterocycles. The van der Waals surface area contributed by atoms with E-state index in [0.29, 0.717) is 11.5 Å². The van der Waals surface area contributed by atoms with E-state index < -0.39 is 5.82 Å². The number of nitrogens with two attached hydrogens (primary N) is 2. The fourth-order valence-corrected chi connectivity index (χ4v) is 1.49. The molecule has 0 aliphatic rings. The Hall–Kier alpha value is -2.08. The third kappa shape index (κ3) is 2.73. The van der Waals surface area contributed by atoms with E-state index >= 15 is 0 Å². The third-order valence-corrected chi connectivity index (χ3v) is 2.27. The molecule has 1 heterocycles. The van der Waals surface area contributed by atoms with E-state index in [0.717, 1.165) is 0 Å². The van der Waals surface area contributed by atoms with Crippen LogP contribution in [0.1, 0.15) is 0 Å². The number of halogens is 2. The van der Waals surface area contributed by atoms with Crippen LogP contribution in [0.3, 0.4) is 0 Å². The van der Waals surface area contributed by atoms with Crippen LogP contribution < -0.4 is 16.8 Å². The number of aromatic nitrogens is 2. The summed E-state index contributed by atoms with van der Waals surface area (Å²) in [5, 5.41) is 3.11. The molecule has 0 saturated carbocycles. The van der Waals surface area contributed by atoms with E-state index in [-0.39, 0.29) is 16.8 Å². The maximum absolute atomic E-state index is 12.8. The molecule has 5 nitrogen and oxygen atoms in total. The van der Waals surface area contributed by atoms with Gasteiger partial charge in [-0.25, -0.2) is 4.39 Å². The zero-order chi connectivity index (χ0) is 12.4. The van der Waals surface area contributed by atoms with Gasteiger partial charge in [0.15, 0.2) is 0 Å². The lowest BCUT2D eigenvalue weighted by atomic mass is 10.3. The van der Waals surface area contributed by atoms with E-state index in [1.165, 1.54) is 24.3 Å². The summed E-state index contributed by atoms with van der Waals surface area (Å²) >= 11 is 5.85. The minimum atomic E-state index is -0.415. The average Bonchev–Trinajstić information content (AvgIpc) is 2.21. The van der Waals surface area contributed by atoms with Gasteiger partial charge in [-0.15, -0.1) is 0 Å². The molecule has 0 bridgehead atoms. The molecule has 2 rings (SSSR count). The summed E-state index contributed by atoms with van der Waals surface area (Å²) in [6.45, 7) is 0. The minimum absolute atomic E-state index is 0.0470. The van der Waals surface area contributed by atoms with Crippen molar-refractivity contribution in [3.63, 3.8) is 0 Å². The van der Waals surface area contributed by atoms with Crippen LogP contribution in [-0.4, -0.2) is 9.97 Å². The summed E-state index contributed by atoms with van der Waals surface area (Å²) in [6.07, 6.45) is 0. The predicted molar refractivity (Wildman–Crippen MR) is 65.5 cm³/mol. The Balaban J connectivity index is 2.31. The fraction of sp³-hybridized carbons (Fsp3) is 0. The van der Waals surface area contributed by atoms with Gasteiger partial charge in [0.25, 0.3) is 0 Å². The van der Waals surface area contributed by atoms with Crippen molar-refractivity contribution in [1.29, 1.82) is 0 Å². The van der Waals surface area contributed by atoms with Crippen molar-refractivity contribution in [2.75, 3.05) is 16.8 Å². The van der Waals surface area contributed by atoms with E-state index in [1.807, 2.05) is 0 Å². The Morgan fingerprint density at radius 1 is 1.18 bits per heavy atom. The van der Waals surface area contributed by atoms with Gasteiger partial charge in [0.2, 0.25) is 5.95 Å². The van der Waals surface area contributed by atoms with Gasteiger partial charge in [-0.05, 0) is 18.2 Å². The molecule has 0 radical (unpaired) electrons. The number of hydrogen-bond donors (Lipinski definition) is 3. The molecule has 1 aromatic heterocycles. The highest BCUT2D eigenvalue weighted by atomic mass is 35.5. The lowest BCUT2D eigenvalue weighted by Gasteiger charge is -2.08. The molecule has 17 heavy (non-hydrogen) atoms. The molecule has 0 saturated heterocycles. The van der Waals surface area contributed by atoms with Crippen LogP contribution in [0.15, 0.2) is 24.3 Å². The Labute approximate surface area is 102 Å². The van der Waals surface area contributed by atoms with Crippen molar-refractivity contribution in [2.45, 2.75) is 0 Å². The normalized spacial score (nSPS) is 10.2. The molecular weight excluding hydrogens is 245 g/mol. The molecule has 0 spiro atoms. The molecule has 0 unspecified atom stereocenters. The van der Waals surface area contributed by atoms with E-state index in [9.17, 15) is 4.39 Å². The lowest BCUT2D eigenvalue weighted by Crippen LogP contribution is -2.03. The van der Waals surface area contributed by atoms with Gasteiger partial charge in [0, 0.05) is 6.07 Å². The highest BCUT2D eigenvalue weighted by molar-refractivity contribution is 6.33. The second kappa shape index (κ2) is 4.42. The molecule has 0 aliphatic carbocycles. The number of nitrogen functional groups attached to an aromatic ring is 2. The minimum Gasteiger partial charge on any atom is -0.383 e. The zero-order valence-corrected chi connectivity index (χ0v) is 9.37. The molecule has 0 atom stereocenters. The standard InChI is InChI=1S/C10H9ClFN5/c11-6-3-5(12)1-2-7(6)15-9-4-8(13)16-10(14)17-9/h1-4H,(H5,13,14,15,16,17). The number of benzene rings is 1. The fourth-order valence-electron chi connectivity index (χ4n) is 1.28. The van der Waals surface area contributed by atoms with Gasteiger partial charge in [-0.1, -0.05) is 11.6 Å². The molecule has 7 heteroatoms. The number of rotatable bonds is 2. The second-order valence-electron chi connectivity index (χ2n) is 3.29. The molecule has 5 N–H and O–H groups in total. The van der Waals surface area contributed by atoms with Gasteiger partial charge < -0.3 is 16.8 Å². The van der Waals surface area contributed by atoms with Crippen LogP contribution >= 0.6 is 11.6 Å². The molecule has 0 fully saturated rings. The van der Waals surface area contributed by atoms with Crippen molar-refractivity contribution in [3.8, 4) is 0 Å². The molecule has 1 aromatic carbocycles. The molecule has 88 valence electrons. The smallest absolute Gasteiger partial charge is 0.223 e. The number of hydrogen-bond acceptors (Lipinski definition) is 5. The van der Waals surface area contributed by atoms with Crippen LogP contribution in [0.5, 0.6) is 0 Å². The Morgan fingerprint density at radius 3 is 2.59 bits per heavy atom. The lowest BCUT2D eigenvalue weighted by molar-refractivity contribution is 0.628. The molecule has 0 amide bonds. The second-order valence-corrected chi connectivity index (χ2v) is 3.69. The average molecular weight is 254 g/mol. The molecular formula is C10H9ClFN5. The maximum atomic E-state index is 12.8. The van der Waals surface area contributed by atoms with Crippen molar-refractivity contribution in [3.05, 3.63) is 35.1 Å². The Morgan fingerprint density at radius 2 is 1.94 bits per heavy atom. The first-order valence-corrected chi connectivity index (χ1v) is 5.04. The van der Waals surface area contributed by atoms with E-state index in [4.69, 9.17) is 23.1 Å². The summed E-state index contributed by atoms with van der Waals surface area (Å²) < 4.78 is 12.8. The van der Waals surface area contributed by atoms with Crippen LogP contribution in [0.25, 0.3) is 0 Å². The van der Waals surface area contributed by atoms with Crippen molar-refractivity contribution in [1.82, 2.24) is 9.97 Å². The first kappa shape index (κ1) is 11.4. The predicted octanol–water partition coefficient (Wildman–Crippen LogP) is 2.18. The highest BCUT2D eigenvalue weighted by Gasteiger charge is 2.04. The van der Waals surface area contributed by atoms with Crippen molar-refractivity contribution in [2.24, 2.45) is 0 Å². The monoisotopic (exact) mass is 253 g/mol. The van der Waals surface area contributed by atoms with Gasteiger partial charge in [-0.2, -0.15) is 9.97 Å². The Kier molecular flexibility index (Phi) is 2.97. The topological polar surface area (TPSA) is 89.8 Å². The van der Waals surface area contributed by atoms with Crippen LogP contribution in [0.2, 0.25) is 5.02 Å². The third-order valence-electron chi connectivity index (χ3n) is 1.96. The van der Waals surface area contributed by atoms with Gasteiger partial charge in [0.1, 0.15) is 17.5 Å². The summed E-state index contributed by atoms with van der Waals surface area (Å²) in [7, 11) is 0. The number of nitrogens with one attached hydrogen (secondary N) is 1. The zero-order valence-electron chi connectivity index (χ0n) is 8.61. The summed E-state index contributed by atoms with van der Waals surface area (Å²) in [5.41, 5.74) is 11.5. The quantitative estimate of drug-likeness (QED) is 0.763. The van der Waals surface area contributed by atoms with E-state index in [2.05, 4.69) is 15.3 Å². The largest absolute Gasteiger partial charge is 0.383 e. The number of nitrogens with zero attached hydrogens (tertiary/aromatic N) is 2. The highest BCUT2D eigenvalue weighted by Crippen LogP contribution is 2.25. The Bertz CT molecular complexity index is 540. The van der Waals surface area contributed by atoms with Crippen LogP contribution in [0, 0.1) is 5.82 Å². The van der Waals surface area contributed by atoms with Crippen LogP contribution in [-0.2, 0) is 0 Å². The number of anilines is 4. The maximum Gasteiger partial charge on any atom is 0.223 e. The first-order chi connectivity index (χ1) is 8.04. The van der Waals surface area contributed by atoms with Gasteiger partial charge in [0.05, 0.1) is 10.7 Å². The summed E-state index contributed by atoms with van der Waals surface area (Å²) in [6, 6.07) is 5.46.